The van der Waals surface area contributed by atoms with Crippen molar-refractivity contribution >= 4 is 23.2 Å². The monoisotopic (exact) mass is 295 g/mol. The van der Waals surface area contributed by atoms with Gasteiger partial charge in [0.25, 0.3) is 5.91 Å². The van der Waals surface area contributed by atoms with Gasteiger partial charge in [-0.05, 0) is 31.9 Å². The Bertz CT molecular complexity index is 477. The molecule has 110 valence electrons. The molecule has 1 saturated carbocycles. The molecule has 1 aliphatic rings. The molecular weight excluding hydrogens is 274 g/mol. The van der Waals surface area contributed by atoms with Crippen LogP contribution < -0.4 is 0 Å². The first-order valence-corrected chi connectivity index (χ1v) is 7.98. The number of ether oxygens (including phenoxy) is 1. The van der Waals surface area contributed by atoms with E-state index in [9.17, 15) is 9.59 Å². The highest BCUT2D eigenvalue weighted by molar-refractivity contribution is 7.15. The van der Waals surface area contributed by atoms with Gasteiger partial charge in [0, 0.05) is 12.6 Å². The van der Waals surface area contributed by atoms with E-state index in [0.29, 0.717) is 15.8 Å². The molecule has 0 aromatic carbocycles. The van der Waals surface area contributed by atoms with E-state index in [0.717, 1.165) is 19.4 Å². The minimum absolute atomic E-state index is 0.0413. The molecule has 2 rings (SSSR count). The number of amides is 1. The maximum atomic E-state index is 12.6. The van der Waals surface area contributed by atoms with Crippen LogP contribution in [0.25, 0.3) is 0 Å². The van der Waals surface area contributed by atoms with Crippen molar-refractivity contribution in [2.45, 2.75) is 45.1 Å². The Labute approximate surface area is 123 Å². The molecule has 1 aliphatic carbocycles. The zero-order valence-corrected chi connectivity index (χ0v) is 12.9. The lowest BCUT2D eigenvalue weighted by Crippen LogP contribution is -2.40. The molecule has 0 atom stereocenters. The van der Waals surface area contributed by atoms with Crippen molar-refractivity contribution in [3.8, 4) is 0 Å². The number of thiophene rings is 1. The molecular formula is C15H21NO3S. The summed E-state index contributed by atoms with van der Waals surface area (Å²) in [5.74, 6) is -0.339. The van der Waals surface area contributed by atoms with Crippen LogP contribution in [0, 0.1) is 0 Å². The van der Waals surface area contributed by atoms with Crippen LogP contribution in [-0.2, 0) is 4.74 Å². The molecule has 1 fully saturated rings. The zero-order valence-electron chi connectivity index (χ0n) is 12.1. The highest BCUT2D eigenvalue weighted by atomic mass is 32.1. The maximum Gasteiger partial charge on any atom is 0.348 e. The van der Waals surface area contributed by atoms with E-state index < -0.39 is 0 Å². The fourth-order valence-corrected chi connectivity index (χ4v) is 3.65. The molecule has 1 amide bonds. The number of carbonyl (C=O) groups is 2. The Morgan fingerprint density at radius 1 is 1.25 bits per heavy atom. The lowest BCUT2D eigenvalue weighted by molar-refractivity contribution is 0.0605. The van der Waals surface area contributed by atoms with Gasteiger partial charge in [0.15, 0.2) is 0 Å². The van der Waals surface area contributed by atoms with Gasteiger partial charge >= 0.3 is 5.97 Å². The quantitative estimate of drug-likeness (QED) is 0.800. The number of esters is 1. The first kappa shape index (κ1) is 15.0. The van der Waals surface area contributed by atoms with Gasteiger partial charge in [-0.1, -0.05) is 19.3 Å². The number of hydrogen-bond acceptors (Lipinski definition) is 4. The summed E-state index contributed by atoms with van der Waals surface area (Å²) in [5.41, 5.74) is 0. The van der Waals surface area contributed by atoms with E-state index in [4.69, 9.17) is 0 Å². The Balaban J connectivity index is 2.11. The van der Waals surface area contributed by atoms with Gasteiger partial charge in [-0.3, -0.25) is 4.79 Å². The molecule has 1 aromatic heterocycles. The minimum atomic E-state index is -0.380. The van der Waals surface area contributed by atoms with Crippen molar-refractivity contribution < 1.29 is 14.3 Å². The molecule has 1 heterocycles. The second-order valence-corrected chi connectivity index (χ2v) is 6.12. The standard InChI is InChI=1S/C15H21NO3S/c1-3-16(11-7-5-4-6-8-11)14(17)12-9-10-13(20-12)15(18)19-2/h9-11H,3-8H2,1-2H3. The van der Waals surface area contributed by atoms with Crippen LogP contribution in [0.1, 0.15) is 58.4 Å². The Morgan fingerprint density at radius 3 is 2.50 bits per heavy atom. The van der Waals surface area contributed by atoms with Gasteiger partial charge in [0.05, 0.1) is 12.0 Å². The third kappa shape index (κ3) is 3.20. The predicted molar refractivity (Wildman–Crippen MR) is 79.2 cm³/mol. The third-order valence-electron chi connectivity index (χ3n) is 3.82. The number of rotatable bonds is 4. The van der Waals surface area contributed by atoms with E-state index in [1.807, 2.05) is 11.8 Å². The summed E-state index contributed by atoms with van der Waals surface area (Å²) < 4.78 is 4.68. The van der Waals surface area contributed by atoms with E-state index in [-0.39, 0.29) is 11.9 Å². The third-order valence-corrected chi connectivity index (χ3v) is 4.87. The summed E-state index contributed by atoms with van der Waals surface area (Å²) in [6.07, 6.45) is 5.86. The normalized spacial score (nSPS) is 15.9. The first-order chi connectivity index (χ1) is 9.67. The Morgan fingerprint density at radius 2 is 1.90 bits per heavy atom. The van der Waals surface area contributed by atoms with Crippen molar-refractivity contribution in [1.82, 2.24) is 4.90 Å². The van der Waals surface area contributed by atoms with Crippen molar-refractivity contribution in [1.29, 1.82) is 0 Å². The maximum absolute atomic E-state index is 12.6. The van der Waals surface area contributed by atoms with E-state index in [2.05, 4.69) is 4.74 Å². The molecule has 4 nitrogen and oxygen atoms in total. The average Bonchev–Trinajstić information content (AvgIpc) is 2.98. The highest BCUT2D eigenvalue weighted by Crippen LogP contribution is 2.26. The number of nitrogens with zero attached hydrogens (tertiary/aromatic N) is 1. The molecule has 5 heteroatoms. The van der Waals surface area contributed by atoms with Crippen LogP contribution in [0.2, 0.25) is 0 Å². The van der Waals surface area contributed by atoms with Crippen LogP contribution in [0.5, 0.6) is 0 Å². The first-order valence-electron chi connectivity index (χ1n) is 7.16. The van der Waals surface area contributed by atoms with Gasteiger partial charge in [0.2, 0.25) is 0 Å². The average molecular weight is 295 g/mol. The van der Waals surface area contributed by atoms with Gasteiger partial charge in [-0.2, -0.15) is 0 Å². The molecule has 0 saturated heterocycles. The van der Waals surface area contributed by atoms with Crippen molar-refractivity contribution in [2.24, 2.45) is 0 Å². The van der Waals surface area contributed by atoms with Crippen molar-refractivity contribution in [3.63, 3.8) is 0 Å². The number of methoxy groups -OCH3 is 1. The summed E-state index contributed by atoms with van der Waals surface area (Å²) >= 11 is 1.22. The van der Waals surface area contributed by atoms with Crippen LogP contribution >= 0.6 is 11.3 Å². The van der Waals surface area contributed by atoms with Gasteiger partial charge in [-0.15, -0.1) is 11.3 Å². The topological polar surface area (TPSA) is 46.6 Å². The zero-order chi connectivity index (χ0) is 14.5. The van der Waals surface area contributed by atoms with Crippen LogP contribution in [0.15, 0.2) is 12.1 Å². The molecule has 0 unspecified atom stereocenters. The van der Waals surface area contributed by atoms with Crippen LogP contribution in [0.3, 0.4) is 0 Å². The second-order valence-electron chi connectivity index (χ2n) is 5.04. The second kappa shape index (κ2) is 6.88. The van der Waals surface area contributed by atoms with Crippen molar-refractivity contribution in [2.75, 3.05) is 13.7 Å². The SMILES string of the molecule is CCN(C(=O)c1ccc(C(=O)OC)s1)C1CCCCC1. The minimum Gasteiger partial charge on any atom is -0.465 e. The van der Waals surface area contributed by atoms with Crippen LogP contribution in [-0.4, -0.2) is 36.5 Å². The lowest BCUT2D eigenvalue weighted by Gasteiger charge is -2.33. The predicted octanol–water partition coefficient (Wildman–Crippen LogP) is 3.33. The number of carbonyl (C=O) groups excluding carboxylic acids is 2. The largest absolute Gasteiger partial charge is 0.465 e. The van der Waals surface area contributed by atoms with E-state index in [1.54, 1.807) is 12.1 Å². The van der Waals surface area contributed by atoms with Gasteiger partial charge in [0.1, 0.15) is 4.88 Å². The molecule has 0 bridgehead atoms. The summed E-state index contributed by atoms with van der Waals surface area (Å²) in [7, 11) is 1.35. The lowest BCUT2D eigenvalue weighted by atomic mass is 9.94. The molecule has 0 N–H and O–H groups in total. The summed E-state index contributed by atoms with van der Waals surface area (Å²) in [6.45, 7) is 2.73. The van der Waals surface area contributed by atoms with Gasteiger partial charge in [-0.25, -0.2) is 4.79 Å². The molecule has 0 aliphatic heterocycles. The van der Waals surface area contributed by atoms with E-state index in [1.165, 1.54) is 37.7 Å². The fourth-order valence-electron chi connectivity index (χ4n) is 2.77. The van der Waals surface area contributed by atoms with Crippen molar-refractivity contribution in [3.05, 3.63) is 21.9 Å². The van der Waals surface area contributed by atoms with E-state index >= 15 is 0 Å². The molecule has 20 heavy (non-hydrogen) atoms. The summed E-state index contributed by atoms with van der Waals surface area (Å²) in [6, 6.07) is 3.74. The van der Waals surface area contributed by atoms with Crippen LogP contribution in [0.4, 0.5) is 0 Å². The summed E-state index contributed by atoms with van der Waals surface area (Å²) in [4.78, 5) is 27.1. The highest BCUT2D eigenvalue weighted by Gasteiger charge is 2.26. The molecule has 1 aromatic rings. The van der Waals surface area contributed by atoms with Gasteiger partial charge < -0.3 is 9.64 Å². The summed E-state index contributed by atoms with van der Waals surface area (Å²) in [5, 5.41) is 0. The fraction of sp³-hybridized carbons (Fsp3) is 0.600. The molecule has 0 spiro atoms. The Hall–Kier alpha value is -1.36. The molecule has 0 radical (unpaired) electrons. The Kier molecular flexibility index (Phi) is 5.17. The number of hydrogen-bond donors (Lipinski definition) is 0. The smallest absolute Gasteiger partial charge is 0.348 e.